The number of rotatable bonds is 2. The van der Waals surface area contributed by atoms with E-state index in [0.29, 0.717) is 10.0 Å². The van der Waals surface area contributed by atoms with E-state index in [4.69, 9.17) is 28.9 Å². The van der Waals surface area contributed by atoms with Gasteiger partial charge in [-0.1, -0.05) is 47.0 Å². The number of benzene rings is 1. The predicted molar refractivity (Wildman–Crippen MR) is 70.1 cm³/mol. The molecule has 16 heavy (non-hydrogen) atoms. The number of allylic oxidation sites excluding steroid dienone is 1. The van der Waals surface area contributed by atoms with Gasteiger partial charge in [-0.15, -0.1) is 0 Å². The largest absolute Gasteiger partial charge is 0.324 e. The number of nitrogens with two attached hydrogens (primary N) is 1. The normalized spacial score (nSPS) is 20.7. The molecule has 1 aliphatic carbocycles. The second-order valence-corrected chi connectivity index (χ2v) is 5.06. The maximum absolute atomic E-state index is 6.16. The molecule has 1 unspecified atom stereocenters. The molecule has 0 aliphatic heterocycles. The second-order valence-electron chi connectivity index (χ2n) is 4.27. The molecule has 0 aromatic heterocycles. The lowest BCUT2D eigenvalue weighted by Gasteiger charge is -2.18. The summed E-state index contributed by atoms with van der Waals surface area (Å²) in [6.07, 6.45) is 6.42. The lowest BCUT2D eigenvalue weighted by molar-refractivity contribution is 0.617. The summed E-state index contributed by atoms with van der Waals surface area (Å²) in [5.41, 5.74) is 8.38. The van der Waals surface area contributed by atoms with Crippen molar-refractivity contribution < 1.29 is 0 Å². The molecule has 0 amide bonds. The molecule has 0 spiro atoms. The van der Waals surface area contributed by atoms with Crippen molar-refractivity contribution in [2.45, 2.75) is 31.7 Å². The van der Waals surface area contributed by atoms with Gasteiger partial charge in [0.25, 0.3) is 0 Å². The number of hydrogen-bond donors (Lipinski definition) is 1. The molecule has 1 aromatic rings. The van der Waals surface area contributed by atoms with E-state index in [0.717, 1.165) is 24.8 Å². The molecule has 2 rings (SSSR count). The van der Waals surface area contributed by atoms with Gasteiger partial charge in [-0.05, 0) is 37.3 Å². The van der Waals surface area contributed by atoms with Crippen molar-refractivity contribution in [1.82, 2.24) is 0 Å². The van der Waals surface area contributed by atoms with E-state index in [2.05, 4.69) is 6.08 Å². The van der Waals surface area contributed by atoms with Gasteiger partial charge < -0.3 is 5.73 Å². The van der Waals surface area contributed by atoms with E-state index in [9.17, 15) is 0 Å². The van der Waals surface area contributed by atoms with Crippen LogP contribution in [0.15, 0.2) is 29.8 Å². The van der Waals surface area contributed by atoms with Crippen LogP contribution in [0.4, 0.5) is 0 Å². The Labute approximate surface area is 106 Å². The van der Waals surface area contributed by atoms with Crippen LogP contribution in [0.5, 0.6) is 0 Å². The van der Waals surface area contributed by atoms with Crippen molar-refractivity contribution in [3.63, 3.8) is 0 Å². The minimum Gasteiger partial charge on any atom is -0.324 e. The van der Waals surface area contributed by atoms with Crippen LogP contribution < -0.4 is 5.73 Å². The summed E-state index contributed by atoms with van der Waals surface area (Å²) in [5.74, 6) is 0. The minimum absolute atomic E-state index is 0.210. The zero-order valence-corrected chi connectivity index (χ0v) is 10.6. The van der Waals surface area contributed by atoms with Crippen LogP contribution in [-0.4, -0.2) is 6.04 Å². The van der Waals surface area contributed by atoms with Gasteiger partial charge in [0, 0.05) is 6.04 Å². The molecule has 0 heterocycles. The van der Waals surface area contributed by atoms with Gasteiger partial charge in [0.2, 0.25) is 0 Å². The Hall–Kier alpha value is -0.500. The van der Waals surface area contributed by atoms with Crippen molar-refractivity contribution in [2.75, 3.05) is 0 Å². The standard InChI is InChI=1S/C13H15Cl2N/c14-12-6-2-4-10(13(12)15)7-9-3-1-5-11(16)8-9/h2,4,6,8,11H,1,3,5,7,16H2. The summed E-state index contributed by atoms with van der Waals surface area (Å²) < 4.78 is 0. The Kier molecular flexibility index (Phi) is 3.91. The average molecular weight is 256 g/mol. The van der Waals surface area contributed by atoms with E-state index in [1.165, 1.54) is 12.0 Å². The molecule has 0 fully saturated rings. The van der Waals surface area contributed by atoms with Gasteiger partial charge in [-0.2, -0.15) is 0 Å². The summed E-state index contributed by atoms with van der Waals surface area (Å²) >= 11 is 12.1. The highest BCUT2D eigenvalue weighted by molar-refractivity contribution is 6.42. The SMILES string of the molecule is NC1C=C(Cc2cccc(Cl)c2Cl)CCC1. The van der Waals surface area contributed by atoms with Crippen LogP contribution in [0.3, 0.4) is 0 Å². The highest BCUT2D eigenvalue weighted by atomic mass is 35.5. The molecule has 0 saturated carbocycles. The molecule has 3 heteroatoms. The molecular weight excluding hydrogens is 241 g/mol. The third-order valence-electron chi connectivity index (χ3n) is 2.93. The molecule has 2 N–H and O–H groups in total. The van der Waals surface area contributed by atoms with E-state index in [-0.39, 0.29) is 6.04 Å². The van der Waals surface area contributed by atoms with Crippen LogP contribution >= 0.6 is 23.2 Å². The second kappa shape index (κ2) is 5.22. The maximum atomic E-state index is 6.16. The van der Waals surface area contributed by atoms with Gasteiger partial charge in [0.15, 0.2) is 0 Å². The van der Waals surface area contributed by atoms with Crippen LogP contribution in [0.2, 0.25) is 10.0 Å². The fourth-order valence-electron chi connectivity index (χ4n) is 2.11. The Bertz CT molecular complexity index is 412. The van der Waals surface area contributed by atoms with Gasteiger partial charge in [0.05, 0.1) is 10.0 Å². The lowest BCUT2D eigenvalue weighted by atomic mass is 9.92. The molecule has 1 nitrogen and oxygen atoms in total. The first-order valence-electron chi connectivity index (χ1n) is 5.55. The Morgan fingerprint density at radius 3 is 2.88 bits per heavy atom. The third kappa shape index (κ3) is 2.79. The first kappa shape index (κ1) is 12.0. The summed E-state index contributed by atoms with van der Waals surface area (Å²) in [6, 6.07) is 5.98. The van der Waals surface area contributed by atoms with Crippen molar-refractivity contribution in [3.8, 4) is 0 Å². The van der Waals surface area contributed by atoms with Crippen molar-refractivity contribution >= 4 is 23.2 Å². The molecule has 0 radical (unpaired) electrons. The lowest BCUT2D eigenvalue weighted by Crippen LogP contribution is -2.20. The van der Waals surface area contributed by atoms with Gasteiger partial charge in [-0.25, -0.2) is 0 Å². The summed E-state index contributed by atoms with van der Waals surface area (Å²) in [5, 5.41) is 1.30. The first-order valence-corrected chi connectivity index (χ1v) is 6.30. The Morgan fingerprint density at radius 1 is 1.31 bits per heavy atom. The average Bonchev–Trinajstić information content (AvgIpc) is 2.25. The zero-order chi connectivity index (χ0) is 11.5. The van der Waals surface area contributed by atoms with Crippen LogP contribution in [0.1, 0.15) is 24.8 Å². The van der Waals surface area contributed by atoms with Crippen molar-refractivity contribution in [1.29, 1.82) is 0 Å². The van der Waals surface area contributed by atoms with Gasteiger partial charge in [0.1, 0.15) is 0 Å². The fraction of sp³-hybridized carbons (Fsp3) is 0.385. The topological polar surface area (TPSA) is 26.0 Å². The van der Waals surface area contributed by atoms with Gasteiger partial charge in [-0.3, -0.25) is 0 Å². The van der Waals surface area contributed by atoms with Crippen LogP contribution in [-0.2, 0) is 6.42 Å². The fourth-order valence-corrected chi connectivity index (χ4v) is 2.50. The van der Waals surface area contributed by atoms with Crippen molar-refractivity contribution in [3.05, 3.63) is 45.5 Å². The van der Waals surface area contributed by atoms with Crippen LogP contribution in [0.25, 0.3) is 0 Å². The van der Waals surface area contributed by atoms with E-state index >= 15 is 0 Å². The zero-order valence-electron chi connectivity index (χ0n) is 9.05. The van der Waals surface area contributed by atoms with Gasteiger partial charge >= 0.3 is 0 Å². The highest BCUT2D eigenvalue weighted by Gasteiger charge is 2.12. The molecule has 1 atom stereocenters. The number of hydrogen-bond acceptors (Lipinski definition) is 1. The summed E-state index contributed by atoms with van der Waals surface area (Å²) in [7, 11) is 0. The Morgan fingerprint density at radius 2 is 2.12 bits per heavy atom. The quantitative estimate of drug-likeness (QED) is 0.796. The molecule has 1 aliphatic rings. The monoisotopic (exact) mass is 255 g/mol. The van der Waals surface area contributed by atoms with E-state index < -0.39 is 0 Å². The van der Waals surface area contributed by atoms with Crippen LogP contribution in [0, 0.1) is 0 Å². The molecule has 86 valence electrons. The van der Waals surface area contributed by atoms with Crippen molar-refractivity contribution in [2.24, 2.45) is 5.73 Å². The summed E-state index contributed by atoms with van der Waals surface area (Å²) in [4.78, 5) is 0. The highest BCUT2D eigenvalue weighted by Crippen LogP contribution is 2.29. The number of halogens is 2. The molecule has 0 saturated heterocycles. The molecule has 0 bridgehead atoms. The Balaban J connectivity index is 2.17. The third-order valence-corrected chi connectivity index (χ3v) is 3.79. The minimum atomic E-state index is 0.210. The predicted octanol–water partition coefficient (Wildman–Crippen LogP) is 3.97. The maximum Gasteiger partial charge on any atom is 0.0627 e. The first-order chi connectivity index (χ1) is 7.66. The smallest absolute Gasteiger partial charge is 0.0627 e. The van der Waals surface area contributed by atoms with E-state index in [1.54, 1.807) is 0 Å². The van der Waals surface area contributed by atoms with E-state index in [1.807, 2.05) is 18.2 Å². The summed E-state index contributed by atoms with van der Waals surface area (Å²) in [6.45, 7) is 0. The molecular formula is C13H15Cl2N. The molecule has 1 aromatic carbocycles.